The molecule has 1 aliphatic rings. The fraction of sp³-hybridized carbons (Fsp3) is 0.308. The average molecular weight is 279 g/mol. The van der Waals surface area contributed by atoms with E-state index in [0.717, 1.165) is 9.78 Å². The minimum absolute atomic E-state index is 0.0378. The second-order valence-corrected chi connectivity index (χ2v) is 4.93. The van der Waals surface area contributed by atoms with Crippen LogP contribution in [0.5, 0.6) is 0 Å². The van der Waals surface area contributed by atoms with E-state index in [2.05, 4.69) is 0 Å². The van der Waals surface area contributed by atoms with Crippen molar-refractivity contribution >= 4 is 35.2 Å². The molecular weight excluding hydrogens is 266 g/mol. The molecule has 0 N–H and O–H groups in total. The van der Waals surface area contributed by atoms with Gasteiger partial charge in [-0.2, -0.15) is 0 Å². The molecule has 0 aliphatic carbocycles. The lowest BCUT2D eigenvalue weighted by atomic mass is 10.2. The van der Waals surface area contributed by atoms with E-state index < -0.39 is 11.9 Å². The lowest BCUT2D eigenvalue weighted by Gasteiger charge is -2.11. The SMILES string of the molecule is CCOC(=O)CN1C(=O)C/C(=C\c2cccs2)C1=O. The van der Waals surface area contributed by atoms with Gasteiger partial charge in [0.1, 0.15) is 6.54 Å². The molecule has 1 aliphatic heterocycles. The normalized spacial score (nSPS) is 17.3. The van der Waals surface area contributed by atoms with Crippen LogP contribution in [0, 0.1) is 0 Å². The second-order valence-electron chi connectivity index (χ2n) is 3.95. The van der Waals surface area contributed by atoms with E-state index in [9.17, 15) is 14.4 Å². The molecule has 0 atom stereocenters. The van der Waals surface area contributed by atoms with Gasteiger partial charge >= 0.3 is 5.97 Å². The molecule has 0 bridgehead atoms. The van der Waals surface area contributed by atoms with Crippen LogP contribution in [0.25, 0.3) is 6.08 Å². The summed E-state index contributed by atoms with van der Waals surface area (Å²) in [5.74, 6) is -1.34. The van der Waals surface area contributed by atoms with Crippen LogP contribution in [0.2, 0.25) is 0 Å². The number of hydrogen-bond donors (Lipinski definition) is 0. The molecule has 2 rings (SSSR count). The minimum atomic E-state index is -0.568. The van der Waals surface area contributed by atoms with Crippen molar-refractivity contribution in [3.05, 3.63) is 28.0 Å². The zero-order valence-corrected chi connectivity index (χ0v) is 11.2. The van der Waals surface area contributed by atoms with Gasteiger partial charge < -0.3 is 4.74 Å². The summed E-state index contributed by atoms with van der Waals surface area (Å²) in [7, 11) is 0. The molecule has 1 fully saturated rings. The molecule has 1 aromatic rings. The maximum Gasteiger partial charge on any atom is 0.326 e. The first-order valence-electron chi connectivity index (χ1n) is 5.86. The highest BCUT2D eigenvalue weighted by Crippen LogP contribution is 2.23. The summed E-state index contributed by atoms with van der Waals surface area (Å²) in [6, 6.07) is 3.73. The number of esters is 1. The first kappa shape index (κ1) is 13.5. The largest absolute Gasteiger partial charge is 0.465 e. The number of likely N-dealkylation sites (tertiary alicyclic amines) is 1. The summed E-state index contributed by atoms with van der Waals surface area (Å²) in [5, 5.41) is 1.89. The molecule has 0 aromatic carbocycles. The van der Waals surface area contributed by atoms with Gasteiger partial charge in [-0.25, -0.2) is 0 Å². The average Bonchev–Trinajstić information content (AvgIpc) is 2.95. The molecule has 2 amide bonds. The zero-order valence-electron chi connectivity index (χ0n) is 10.4. The van der Waals surface area contributed by atoms with Crippen LogP contribution in [0.1, 0.15) is 18.2 Å². The van der Waals surface area contributed by atoms with Crippen LogP contribution in [0.15, 0.2) is 23.1 Å². The molecule has 0 radical (unpaired) electrons. The monoisotopic (exact) mass is 279 g/mol. The van der Waals surface area contributed by atoms with Crippen molar-refractivity contribution in [2.75, 3.05) is 13.2 Å². The van der Waals surface area contributed by atoms with Gasteiger partial charge in [-0.05, 0) is 24.4 Å². The number of nitrogens with zero attached hydrogens (tertiary/aromatic N) is 1. The summed E-state index contributed by atoms with van der Waals surface area (Å²) in [4.78, 5) is 36.9. The molecule has 0 unspecified atom stereocenters. The van der Waals surface area contributed by atoms with Crippen LogP contribution in [0.3, 0.4) is 0 Å². The third-order valence-electron chi connectivity index (χ3n) is 2.61. The number of carbonyl (C=O) groups excluding carboxylic acids is 3. The molecule has 6 heteroatoms. The van der Waals surface area contributed by atoms with Crippen molar-refractivity contribution in [1.29, 1.82) is 0 Å². The minimum Gasteiger partial charge on any atom is -0.465 e. The van der Waals surface area contributed by atoms with Crippen LogP contribution in [-0.2, 0) is 19.1 Å². The highest BCUT2D eigenvalue weighted by Gasteiger charge is 2.35. The van der Waals surface area contributed by atoms with Crippen molar-refractivity contribution in [1.82, 2.24) is 4.90 Å². The predicted molar refractivity (Wildman–Crippen MR) is 70.3 cm³/mol. The molecule has 1 saturated heterocycles. The Kier molecular flexibility index (Phi) is 4.11. The van der Waals surface area contributed by atoms with Crippen molar-refractivity contribution in [2.24, 2.45) is 0 Å². The van der Waals surface area contributed by atoms with E-state index in [-0.39, 0.29) is 25.5 Å². The van der Waals surface area contributed by atoms with Crippen LogP contribution >= 0.6 is 11.3 Å². The summed E-state index contributed by atoms with van der Waals surface area (Å²) in [6.45, 7) is 1.59. The predicted octanol–water partition coefficient (Wildman–Crippen LogP) is 1.45. The Morgan fingerprint density at radius 2 is 2.32 bits per heavy atom. The maximum absolute atomic E-state index is 12.0. The van der Waals surface area contributed by atoms with E-state index in [1.54, 1.807) is 13.0 Å². The summed E-state index contributed by atoms with van der Waals surface area (Å²) in [5.41, 5.74) is 0.414. The van der Waals surface area contributed by atoms with Gasteiger partial charge in [0.2, 0.25) is 5.91 Å². The Hall–Kier alpha value is -1.95. The lowest BCUT2D eigenvalue weighted by Crippen LogP contribution is -2.35. The van der Waals surface area contributed by atoms with Crippen LogP contribution in [0.4, 0.5) is 0 Å². The highest BCUT2D eigenvalue weighted by molar-refractivity contribution is 7.10. The molecule has 0 spiro atoms. The van der Waals surface area contributed by atoms with Crippen molar-refractivity contribution in [3.63, 3.8) is 0 Å². The molecule has 0 saturated carbocycles. The first-order valence-corrected chi connectivity index (χ1v) is 6.74. The smallest absolute Gasteiger partial charge is 0.326 e. The van der Waals surface area contributed by atoms with Crippen LogP contribution in [-0.4, -0.2) is 35.8 Å². The quantitative estimate of drug-likeness (QED) is 0.475. The Morgan fingerprint density at radius 3 is 2.95 bits per heavy atom. The fourth-order valence-corrected chi connectivity index (χ4v) is 2.46. The van der Waals surface area contributed by atoms with Gasteiger partial charge in [-0.1, -0.05) is 6.07 Å². The number of thiophene rings is 1. The lowest BCUT2D eigenvalue weighted by molar-refractivity contribution is -0.151. The van der Waals surface area contributed by atoms with E-state index in [1.807, 2.05) is 17.5 Å². The van der Waals surface area contributed by atoms with E-state index in [4.69, 9.17) is 4.74 Å². The molecule has 5 nitrogen and oxygen atoms in total. The standard InChI is InChI=1S/C13H13NO4S/c1-2-18-12(16)8-14-11(15)7-9(13(14)17)6-10-4-3-5-19-10/h3-6H,2,7-8H2,1H3/b9-6+. The molecule has 19 heavy (non-hydrogen) atoms. The Morgan fingerprint density at radius 1 is 1.53 bits per heavy atom. The molecular formula is C13H13NO4S. The van der Waals surface area contributed by atoms with Crippen LogP contribution < -0.4 is 0 Å². The van der Waals surface area contributed by atoms with Gasteiger partial charge in [0.25, 0.3) is 5.91 Å². The molecule has 2 heterocycles. The summed E-state index contributed by atoms with van der Waals surface area (Å²) in [6.07, 6.45) is 1.73. The number of carbonyl (C=O) groups is 3. The van der Waals surface area contributed by atoms with Gasteiger partial charge in [-0.3, -0.25) is 19.3 Å². The Labute approximate surface area is 114 Å². The molecule has 100 valence electrons. The number of ether oxygens (including phenoxy) is 1. The topological polar surface area (TPSA) is 63.7 Å². The first-order chi connectivity index (χ1) is 9.11. The highest BCUT2D eigenvalue weighted by atomic mass is 32.1. The molecule has 1 aromatic heterocycles. The zero-order chi connectivity index (χ0) is 13.8. The third kappa shape index (κ3) is 3.08. The van der Waals surface area contributed by atoms with Gasteiger partial charge in [-0.15, -0.1) is 11.3 Å². The van der Waals surface area contributed by atoms with E-state index in [0.29, 0.717) is 5.57 Å². The number of imide groups is 1. The van der Waals surface area contributed by atoms with E-state index in [1.165, 1.54) is 11.3 Å². The Balaban J connectivity index is 2.10. The maximum atomic E-state index is 12.0. The summed E-state index contributed by atoms with van der Waals surface area (Å²) >= 11 is 1.49. The second kappa shape index (κ2) is 5.79. The van der Waals surface area contributed by atoms with Gasteiger partial charge in [0.15, 0.2) is 0 Å². The van der Waals surface area contributed by atoms with Gasteiger partial charge in [0.05, 0.1) is 13.0 Å². The number of rotatable bonds is 4. The van der Waals surface area contributed by atoms with Gasteiger partial charge in [0, 0.05) is 10.5 Å². The third-order valence-corrected chi connectivity index (χ3v) is 3.43. The number of amides is 2. The fourth-order valence-electron chi connectivity index (χ4n) is 1.77. The van der Waals surface area contributed by atoms with Crippen molar-refractivity contribution < 1.29 is 19.1 Å². The number of hydrogen-bond acceptors (Lipinski definition) is 5. The van der Waals surface area contributed by atoms with Crippen molar-refractivity contribution in [3.8, 4) is 0 Å². The Bertz CT molecular complexity index is 533. The summed E-state index contributed by atoms with van der Waals surface area (Å²) < 4.78 is 4.74. The van der Waals surface area contributed by atoms with Crippen molar-refractivity contribution in [2.45, 2.75) is 13.3 Å². The van der Waals surface area contributed by atoms with E-state index >= 15 is 0 Å².